The van der Waals surface area contributed by atoms with Gasteiger partial charge in [0.1, 0.15) is 7.11 Å². The summed E-state index contributed by atoms with van der Waals surface area (Å²) in [5.74, 6) is -0.388. The Balaban J connectivity index is 2.22. The lowest BCUT2D eigenvalue weighted by atomic mass is 10.2. The molecule has 1 unspecified atom stereocenters. The van der Waals surface area contributed by atoms with Crippen LogP contribution >= 0.6 is 23.4 Å². The summed E-state index contributed by atoms with van der Waals surface area (Å²) < 4.78 is 1.54. The van der Waals surface area contributed by atoms with Gasteiger partial charge in [0.25, 0.3) is 5.91 Å². The third-order valence-electron chi connectivity index (χ3n) is 2.99. The number of halogens is 1. The molecule has 2 heterocycles. The zero-order chi connectivity index (χ0) is 16.8. The van der Waals surface area contributed by atoms with Crippen LogP contribution < -0.4 is 5.32 Å². The molecule has 7 nitrogen and oxygen atoms in total. The van der Waals surface area contributed by atoms with Gasteiger partial charge in [-0.15, -0.1) is 0 Å². The molecule has 0 aliphatic rings. The van der Waals surface area contributed by atoms with E-state index in [9.17, 15) is 4.79 Å². The van der Waals surface area contributed by atoms with Crippen LogP contribution in [0.5, 0.6) is 0 Å². The Bertz CT molecular complexity index is 704. The molecule has 0 saturated heterocycles. The maximum atomic E-state index is 12.4. The molecule has 1 amide bonds. The van der Waals surface area contributed by atoms with Crippen molar-refractivity contribution in [1.29, 1.82) is 0 Å². The van der Waals surface area contributed by atoms with Crippen LogP contribution in [0.2, 0.25) is 5.15 Å². The van der Waals surface area contributed by atoms with Crippen molar-refractivity contribution in [2.45, 2.75) is 12.2 Å². The molecule has 0 aliphatic carbocycles. The molecule has 2 rings (SSSR count). The lowest BCUT2D eigenvalue weighted by Gasteiger charge is -2.10. The molecule has 2 aromatic rings. The third-order valence-corrected chi connectivity index (χ3v) is 4.20. The number of oxime groups is 1. The minimum atomic E-state index is -0.388. The molecule has 1 atom stereocenters. The van der Waals surface area contributed by atoms with Crippen molar-refractivity contribution in [1.82, 2.24) is 14.8 Å². The summed E-state index contributed by atoms with van der Waals surface area (Å²) in [6, 6.07) is 3.61. The van der Waals surface area contributed by atoms with Crippen LogP contribution in [0.1, 0.15) is 6.92 Å². The molecule has 0 aromatic carbocycles. The zero-order valence-corrected chi connectivity index (χ0v) is 14.4. The van der Waals surface area contributed by atoms with Gasteiger partial charge in [0.15, 0.2) is 10.9 Å². The average molecular weight is 354 g/mol. The first-order valence-corrected chi connectivity index (χ1v) is 8.34. The SMILES string of the molecule is CON=C(C(=O)Nc1cn(-c2cccnc2)nc1Cl)C(C)SC. The van der Waals surface area contributed by atoms with Gasteiger partial charge in [0, 0.05) is 6.20 Å². The Labute approximate surface area is 143 Å². The summed E-state index contributed by atoms with van der Waals surface area (Å²) >= 11 is 7.58. The van der Waals surface area contributed by atoms with Crippen LogP contribution in [0.3, 0.4) is 0 Å². The van der Waals surface area contributed by atoms with Gasteiger partial charge in [-0.05, 0) is 25.3 Å². The number of nitrogens with zero attached hydrogens (tertiary/aromatic N) is 4. The first-order valence-electron chi connectivity index (χ1n) is 6.67. The van der Waals surface area contributed by atoms with Crippen LogP contribution in [0.25, 0.3) is 5.69 Å². The van der Waals surface area contributed by atoms with E-state index in [2.05, 4.69) is 20.6 Å². The lowest BCUT2D eigenvalue weighted by molar-refractivity contribution is -0.110. The van der Waals surface area contributed by atoms with E-state index in [1.165, 1.54) is 23.6 Å². The molecule has 0 bridgehead atoms. The summed E-state index contributed by atoms with van der Waals surface area (Å²) in [6.07, 6.45) is 6.80. The highest BCUT2D eigenvalue weighted by Crippen LogP contribution is 2.22. The van der Waals surface area contributed by atoms with Crippen molar-refractivity contribution in [3.05, 3.63) is 35.9 Å². The van der Waals surface area contributed by atoms with Crippen LogP contribution in [0, 0.1) is 0 Å². The molecule has 0 radical (unpaired) electrons. The number of pyridine rings is 1. The van der Waals surface area contributed by atoms with Gasteiger partial charge in [-0.2, -0.15) is 16.9 Å². The van der Waals surface area contributed by atoms with Gasteiger partial charge >= 0.3 is 0 Å². The molecule has 23 heavy (non-hydrogen) atoms. The second-order valence-corrected chi connectivity index (χ2v) is 6.02. The summed E-state index contributed by atoms with van der Waals surface area (Å²) in [5.41, 5.74) is 1.39. The predicted octanol–water partition coefficient (Wildman–Crippen LogP) is 2.61. The second kappa shape index (κ2) is 7.98. The number of hydrogen-bond acceptors (Lipinski definition) is 6. The van der Waals surface area contributed by atoms with Crippen molar-refractivity contribution < 1.29 is 9.63 Å². The molecule has 1 N–H and O–H groups in total. The Morgan fingerprint density at radius 3 is 2.96 bits per heavy atom. The normalized spacial score (nSPS) is 12.8. The fourth-order valence-electron chi connectivity index (χ4n) is 1.75. The first-order chi connectivity index (χ1) is 11.1. The molecule has 0 saturated carbocycles. The Morgan fingerprint density at radius 2 is 2.35 bits per heavy atom. The molecular formula is C14H16ClN5O2S. The van der Waals surface area contributed by atoms with Crippen LogP contribution in [-0.2, 0) is 9.63 Å². The van der Waals surface area contributed by atoms with E-state index in [-0.39, 0.29) is 22.0 Å². The second-order valence-electron chi connectivity index (χ2n) is 4.48. The molecule has 122 valence electrons. The van der Waals surface area contributed by atoms with Crippen LogP contribution in [0.4, 0.5) is 5.69 Å². The quantitative estimate of drug-likeness (QED) is 0.637. The average Bonchev–Trinajstić information content (AvgIpc) is 2.93. The molecular weight excluding hydrogens is 338 g/mol. The number of aromatic nitrogens is 3. The van der Waals surface area contributed by atoms with E-state index < -0.39 is 0 Å². The summed E-state index contributed by atoms with van der Waals surface area (Å²) in [4.78, 5) is 21.1. The molecule has 2 aromatic heterocycles. The minimum absolute atomic E-state index is 0.123. The summed E-state index contributed by atoms with van der Waals surface area (Å²) in [6.45, 7) is 1.86. The fraction of sp³-hybridized carbons (Fsp3) is 0.286. The molecule has 0 aliphatic heterocycles. The van der Waals surface area contributed by atoms with E-state index >= 15 is 0 Å². The van der Waals surface area contributed by atoms with E-state index in [4.69, 9.17) is 16.4 Å². The number of hydrogen-bond donors (Lipinski definition) is 1. The maximum Gasteiger partial charge on any atom is 0.274 e. The monoisotopic (exact) mass is 353 g/mol. The third kappa shape index (κ3) is 4.23. The predicted molar refractivity (Wildman–Crippen MR) is 92.4 cm³/mol. The zero-order valence-electron chi connectivity index (χ0n) is 12.9. The number of carbonyl (C=O) groups excluding carboxylic acids is 1. The van der Waals surface area contributed by atoms with Crippen LogP contribution in [0.15, 0.2) is 35.9 Å². The van der Waals surface area contributed by atoms with E-state index in [0.717, 1.165) is 5.69 Å². The van der Waals surface area contributed by atoms with Crippen molar-refractivity contribution in [2.75, 3.05) is 18.7 Å². The van der Waals surface area contributed by atoms with Crippen LogP contribution in [-0.4, -0.2) is 45.0 Å². The Kier molecular flexibility index (Phi) is 6.00. The van der Waals surface area contributed by atoms with E-state index in [0.29, 0.717) is 5.69 Å². The van der Waals surface area contributed by atoms with E-state index in [1.807, 2.05) is 19.2 Å². The van der Waals surface area contributed by atoms with Gasteiger partial charge in [-0.25, -0.2) is 4.68 Å². The number of carbonyl (C=O) groups is 1. The van der Waals surface area contributed by atoms with Gasteiger partial charge in [0.2, 0.25) is 0 Å². The smallest absolute Gasteiger partial charge is 0.274 e. The van der Waals surface area contributed by atoms with Crippen molar-refractivity contribution >= 4 is 40.7 Å². The molecule has 0 spiro atoms. The highest BCUT2D eigenvalue weighted by atomic mass is 35.5. The number of thioether (sulfide) groups is 1. The minimum Gasteiger partial charge on any atom is -0.399 e. The maximum absolute atomic E-state index is 12.4. The summed E-state index contributed by atoms with van der Waals surface area (Å²) in [5, 5.41) is 10.7. The van der Waals surface area contributed by atoms with Gasteiger partial charge in [-0.3, -0.25) is 9.78 Å². The Morgan fingerprint density at radius 1 is 1.57 bits per heavy atom. The van der Waals surface area contributed by atoms with Crippen molar-refractivity contribution in [2.24, 2.45) is 5.16 Å². The van der Waals surface area contributed by atoms with Gasteiger partial charge in [-0.1, -0.05) is 16.8 Å². The van der Waals surface area contributed by atoms with Gasteiger partial charge in [0.05, 0.1) is 29.0 Å². The number of amides is 1. The molecule has 9 heteroatoms. The van der Waals surface area contributed by atoms with Gasteiger partial charge < -0.3 is 10.2 Å². The molecule has 0 fully saturated rings. The Hall–Kier alpha value is -2.06. The number of nitrogens with one attached hydrogen (secondary N) is 1. The highest BCUT2D eigenvalue weighted by Gasteiger charge is 2.21. The number of rotatable bonds is 6. The fourth-order valence-corrected chi connectivity index (χ4v) is 2.31. The first kappa shape index (κ1) is 17.3. The highest BCUT2D eigenvalue weighted by molar-refractivity contribution is 8.00. The lowest BCUT2D eigenvalue weighted by Crippen LogP contribution is -2.30. The van der Waals surface area contributed by atoms with Crippen molar-refractivity contribution in [3.8, 4) is 5.69 Å². The topological polar surface area (TPSA) is 81.4 Å². The standard InChI is InChI=1S/C14H16ClN5O2S/c1-9(23-3)12(19-22-2)14(21)17-11-8-20(18-13(11)15)10-5-4-6-16-7-10/h4-9H,1-3H3,(H,17,21). The summed E-state index contributed by atoms with van der Waals surface area (Å²) in [7, 11) is 1.40. The van der Waals surface area contributed by atoms with E-state index in [1.54, 1.807) is 24.7 Å². The van der Waals surface area contributed by atoms with Crippen molar-refractivity contribution in [3.63, 3.8) is 0 Å². The largest absolute Gasteiger partial charge is 0.399 e. The number of anilines is 1.